The molecule has 2 fully saturated rings. The third-order valence-corrected chi connectivity index (χ3v) is 7.66. The largest absolute Gasteiger partial charge is 0.497 e. The number of hydrogen-bond acceptors (Lipinski definition) is 4. The van der Waals surface area contributed by atoms with E-state index in [2.05, 4.69) is 52.4 Å². The van der Waals surface area contributed by atoms with E-state index >= 15 is 0 Å². The summed E-state index contributed by atoms with van der Waals surface area (Å²) in [7, 11) is 1.72. The Bertz CT molecular complexity index is 937. The Balaban J connectivity index is 1.35. The van der Waals surface area contributed by atoms with Gasteiger partial charge in [-0.25, -0.2) is 0 Å². The van der Waals surface area contributed by atoms with Gasteiger partial charge < -0.3 is 19.9 Å². The first-order valence-corrected chi connectivity index (χ1v) is 11.7. The molecular formula is C26H33N3O2. The first-order valence-electron chi connectivity index (χ1n) is 11.7. The number of nitrogens with zero attached hydrogens (tertiary/aromatic N) is 2. The summed E-state index contributed by atoms with van der Waals surface area (Å²) in [6.07, 6.45) is 5.26. The van der Waals surface area contributed by atoms with E-state index in [1.54, 1.807) is 7.11 Å². The van der Waals surface area contributed by atoms with E-state index in [9.17, 15) is 4.79 Å². The summed E-state index contributed by atoms with van der Waals surface area (Å²) in [6, 6.07) is 17.1. The van der Waals surface area contributed by atoms with Gasteiger partial charge in [0, 0.05) is 25.7 Å². The fourth-order valence-electron chi connectivity index (χ4n) is 6.02. The molecule has 1 amide bonds. The number of fused-ring (bicyclic) bond motifs is 4. The molecule has 164 valence electrons. The van der Waals surface area contributed by atoms with Crippen LogP contribution in [0.5, 0.6) is 5.75 Å². The van der Waals surface area contributed by atoms with E-state index in [-0.39, 0.29) is 17.4 Å². The number of amides is 1. The van der Waals surface area contributed by atoms with E-state index in [0.717, 1.165) is 50.2 Å². The monoisotopic (exact) mass is 419 g/mol. The highest BCUT2D eigenvalue weighted by Gasteiger charge is 2.50. The summed E-state index contributed by atoms with van der Waals surface area (Å²) in [5.41, 5.74) is 3.63. The molecule has 2 aromatic carbocycles. The quantitative estimate of drug-likeness (QED) is 0.784. The van der Waals surface area contributed by atoms with Crippen molar-refractivity contribution in [2.24, 2.45) is 0 Å². The molecule has 0 bridgehead atoms. The number of benzene rings is 2. The molecule has 2 atom stereocenters. The van der Waals surface area contributed by atoms with Crippen LogP contribution in [-0.4, -0.2) is 49.1 Å². The van der Waals surface area contributed by atoms with Gasteiger partial charge in [-0.15, -0.1) is 0 Å². The second kappa shape index (κ2) is 8.10. The summed E-state index contributed by atoms with van der Waals surface area (Å²) in [4.78, 5) is 18.1. The molecule has 0 radical (unpaired) electrons. The molecule has 2 saturated heterocycles. The highest BCUT2D eigenvalue weighted by atomic mass is 16.5. The number of piperidine rings is 1. The molecule has 0 saturated carbocycles. The average Bonchev–Trinajstić information content (AvgIpc) is 3.32. The molecule has 0 aromatic heterocycles. The third kappa shape index (κ3) is 3.44. The van der Waals surface area contributed by atoms with Crippen LogP contribution in [0, 0.1) is 0 Å². The number of carbonyl (C=O) groups is 1. The van der Waals surface area contributed by atoms with Crippen molar-refractivity contribution >= 4 is 17.3 Å². The molecule has 31 heavy (non-hydrogen) atoms. The predicted octanol–water partition coefficient (Wildman–Crippen LogP) is 4.64. The van der Waals surface area contributed by atoms with Gasteiger partial charge >= 0.3 is 0 Å². The van der Waals surface area contributed by atoms with Crippen LogP contribution in [0.4, 0.5) is 11.4 Å². The van der Waals surface area contributed by atoms with Gasteiger partial charge in [0.2, 0.25) is 5.91 Å². The lowest BCUT2D eigenvalue weighted by atomic mass is 9.77. The lowest BCUT2D eigenvalue weighted by Gasteiger charge is -2.53. The van der Waals surface area contributed by atoms with Crippen molar-refractivity contribution in [3.63, 3.8) is 0 Å². The second-order valence-corrected chi connectivity index (χ2v) is 9.21. The first kappa shape index (κ1) is 20.2. The zero-order valence-corrected chi connectivity index (χ0v) is 18.6. The van der Waals surface area contributed by atoms with E-state index in [0.29, 0.717) is 6.04 Å². The van der Waals surface area contributed by atoms with Gasteiger partial charge in [0.05, 0.1) is 36.0 Å². The Morgan fingerprint density at radius 3 is 2.65 bits per heavy atom. The maximum absolute atomic E-state index is 13.4. The maximum atomic E-state index is 13.4. The van der Waals surface area contributed by atoms with Crippen LogP contribution in [0.3, 0.4) is 0 Å². The van der Waals surface area contributed by atoms with Crippen molar-refractivity contribution in [3.05, 3.63) is 54.1 Å². The molecule has 2 unspecified atom stereocenters. The van der Waals surface area contributed by atoms with Crippen molar-refractivity contribution in [2.45, 2.75) is 56.5 Å². The van der Waals surface area contributed by atoms with Crippen LogP contribution >= 0.6 is 0 Å². The van der Waals surface area contributed by atoms with Gasteiger partial charge in [0.15, 0.2) is 0 Å². The van der Waals surface area contributed by atoms with Crippen LogP contribution < -0.4 is 15.0 Å². The summed E-state index contributed by atoms with van der Waals surface area (Å²) >= 11 is 0. The molecule has 5 heteroatoms. The van der Waals surface area contributed by atoms with Crippen molar-refractivity contribution < 1.29 is 9.53 Å². The smallest absolute Gasteiger partial charge is 0.230 e. The standard InChI is InChI=1S/C26H33N3O2/c1-3-21(19-8-5-4-6-9-19)25(30)28-16-13-26(14-17-28)24-10-7-15-29(24)23-12-11-20(31-2)18-22(23)27-26/h4-6,8-9,11-12,18,21,24,27H,3,7,10,13-17H2,1-2H3. The number of rotatable bonds is 4. The van der Waals surface area contributed by atoms with Gasteiger partial charge in [0.25, 0.3) is 0 Å². The van der Waals surface area contributed by atoms with Gasteiger partial charge in [-0.05, 0) is 49.8 Å². The predicted molar refractivity (Wildman–Crippen MR) is 125 cm³/mol. The molecular weight excluding hydrogens is 386 g/mol. The lowest BCUT2D eigenvalue weighted by Crippen LogP contribution is -2.63. The highest BCUT2D eigenvalue weighted by Crippen LogP contribution is 2.48. The number of hydrogen-bond donors (Lipinski definition) is 1. The van der Waals surface area contributed by atoms with Crippen molar-refractivity contribution in [2.75, 3.05) is 37.0 Å². The highest BCUT2D eigenvalue weighted by molar-refractivity contribution is 5.84. The molecule has 3 aliphatic heterocycles. The Morgan fingerprint density at radius 1 is 1.16 bits per heavy atom. The number of nitrogens with one attached hydrogen (secondary N) is 1. The average molecular weight is 420 g/mol. The van der Waals surface area contributed by atoms with Crippen LogP contribution in [0.2, 0.25) is 0 Å². The molecule has 5 rings (SSSR count). The molecule has 0 aliphatic carbocycles. The normalized spacial score (nSPS) is 22.5. The van der Waals surface area contributed by atoms with Gasteiger partial charge in [-0.2, -0.15) is 0 Å². The topological polar surface area (TPSA) is 44.8 Å². The zero-order valence-electron chi connectivity index (χ0n) is 18.6. The molecule has 5 nitrogen and oxygen atoms in total. The van der Waals surface area contributed by atoms with Crippen molar-refractivity contribution in [1.82, 2.24) is 4.90 Å². The number of likely N-dealkylation sites (tertiary alicyclic amines) is 1. The fourth-order valence-corrected chi connectivity index (χ4v) is 6.02. The van der Waals surface area contributed by atoms with Gasteiger partial charge in [0.1, 0.15) is 5.75 Å². The number of carbonyl (C=O) groups excluding carboxylic acids is 1. The van der Waals surface area contributed by atoms with E-state index < -0.39 is 0 Å². The Labute approximate surface area is 185 Å². The molecule has 2 aromatic rings. The molecule has 1 N–H and O–H groups in total. The van der Waals surface area contributed by atoms with Crippen molar-refractivity contribution in [1.29, 1.82) is 0 Å². The minimum absolute atomic E-state index is 0.0289. The van der Waals surface area contributed by atoms with Crippen LogP contribution in [0.25, 0.3) is 0 Å². The third-order valence-electron chi connectivity index (χ3n) is 7.66. The molecule has 1 spiro atoms. The first-order chi connectivity index (χ1) is 15.1. The SMILES string of the molecule is CCC(C(=O)N1CCC2(CC1)Nc1cc(OC)ccc1N1CCCC12)c1ccccc1. The lowest BCUT2D eigenvalue weighted by molar-refractivity contribution is -0.134. The Morgan fingerprint density at radius 2 is 1.94 bits per heavy atom. The molecule has 3 aliphatic rings. The summed E-state index contributed by atoms with van der Waals surface area (Å²) in [6.45, 7) is 4.87. The summed E-state index contributed by atoms with van der Waals surface area (Å²) in [5, 5.41) is 3.93. The van der Waals surface area contributed by atoms with E-state index in [4.69, 9.17) is 4.74 Å². The minimum atomic E-state index is -0.0393. The van der Waals surface area contributed by atoms with Crippen LogP contribution in [-0.2, 0) is 4.79 Å². The fraction of sp³-hybridized carbons (Fsp3) is 0.500. The van der Waals surface area contributed by atoms with Crippen LogP contribution in [0.1, 0.15) is 50.5 Å². The van der Waals surface area contributed by atoms with Gasteiger partial charge in [-0.1, -0.05) is 37.3 Å². The van der Waals surface area contributed by atoms with E-state index in [1.807, 2.05) is 18.2 Å². The number of methoxy groups -OCH3 is 1. The Kier molecular flexibility index (Phi) is 5.28. The maximum Gasteiger partial charge on any atom is 0.230 e. The second-order valence-electron chi connectivity index (χ2n) is 9.21. The minimum Gasteiger partial charge on any atom is -0.497 e. The summed E-state index contributed by atoms with van der Waals surface area (Å²) < 4.78 is 5.49. The zero-order chi connectivity index (χ0) is 21.4. The van der Waals surface area contributed by atoms with Gasteiger partial charge in [-0.3, -0.25) is 4.79 Å². The number of ether oxygens (including phenoxy) is 1. The van der Waals surface area contributed by atoms with Crippen molar-refractivity contribution in [3.8, 4) is 5.75 Å². The number of anilines is 2. The Hall–Kier alpha value is -2.69. The summed E-state index contributed by atoms with van der Waals surface area (Å²) in [5.74, 6) is 1.13. The van der Waals surface area contributed by atoms with E-state index in [1.165, 1.54) is 24.2 Å². The van der Waals surface area contributed by atoms with Crippen LogP contribution in [0.15, 0.2) is 48.5 Å². The molecule has 3 heterocycles.